The van der Waals surface area contributed by atoms with Gasteiger partial charge in [0.1, 0.15) is 24.4 Å². The lowest BCUT2D eigenvalue weighted by atomic mass is 9.92. The molecular formula is C25H22N4O4. The molecule has 0 saturated carbocycles. The molecule has 8 nitrogen and oxygen atoms in total. The van der Waals surface area contributed by atoms with Crippen LogP contribution in [0.1, 0.15) is 23.2 Å². The Morgan fingerprint density at radius 2 is 1.94 bits per heavy atom. The maximum Gasteiger partial charge on any atom is 0.325 e. The number of nitrogens with one attached hydrogen (secondary N) is 2. The van der Waals surface area contributed by atoms with E-state index >= 15 is 0 Å². The molecule has 1 atom stereocenters. The Morgan fingerprint density at radius 3 is 2.79 bits per heavy atom. The molecule has 2 N–H and O–H groups in total. The van der Waals surface area contributed by atoms with Gasteiger partial charge in [0.25, 0.3) is 5.91 Å². The van der Waals surface area contributed by atoms with Crippen molar-refractivity contribution in [2.45, 2.75) is 25.0 Å². The number of hydrogen-bond donors (Lipinski definition) is 2. The molecule has 33 heavy (non-hydrogen) atoms. The van der Waals surface area contributed by atoms with Crippen molar-refractivity contribution in [3.05, 3.63) is 89.7 Å². The quantitative estimate of drug-likeness (QED) is 0.572. The second-order valence-electron chi connectivity index (χ2n) is 8.07. The van der Waals surface area contributed by atoms with Crippen molar-refractivity contribution in [3.8, 4) is 5.75 Å². The molecule has 1 aliphatic heterocycles. The minimum absolute atomic E-state index is 0.296. The van der Waals surface area contributed by atoms with E-state index in [0.29, 0.717) is 30.9 Å². The van der Waals surface area contributed by atoms with Gasteiger partial charge in [-0.25, -0.2) is 4.79 Å². The number of aromatic nitrogens is 1. The van der Waals surface area contributed by atoms with Crippen LogP contribution < -0.4 is 15.4 Å². The number of hydrogen-bond acceptors (Lipinski definition) is 5. The molecule has 8 heteroatoms. The van der Waals surface area contributed by atoms with Crippen LogP contribution in [0.3, 0.4) is 0 Å². The molecule has 3 aromatic rings. The van der Waals surface area contributed by atoms with Gasteiger partial charge in [-0.3, -0.25) is 19.5 Å². The van der Waals surface area contributed by atoms with E-state index in [9.17, 15) is 14.4 Å². The van der Waals surface area contributed by atoms with Crippen LogP contribution in [0, 0.1) is 0 Å². The van der Waals surface area contributed by atoms with Gasteiger partial charge in [-0.2, -0.15) is 0 Å². The number of pyridine rings is 1. The van der Waals surface area contributed by atoms with Crippen LogP contribution in [-0.4, -0.2) is 34.3 Å². The van der Waals surface area contributed by atoms with Crippen LogP contribution >= 0.6 is 0 Å². The number of imide groups is 1. The third-order valence-electron chi connectivity index (χ3n) is 5.95. The van der Waals surface area contributed by atoms with Crippen molar-refractivity contribution in [3.63, 3.8) is 0 Å². The Hall–Kier alpha value is -4.20. The lowest BCUT2D eigenvalue weighted by Crippen LogP contribution is -2.42. The Kier molecular flexibility index (Phi) is 5.26. The molecule has 0 radical (unpaired) electrons. The predicted octanol–water partition coefficient (Wildman–Crippen LogP) is 2.99. The average molecular weight is 442 g/mol. The second kappa shape index (κ2) is 8.38. The number of anilines is 1. The summed E-state index contributed by atoms with van der Waals surface area (Å²) >= 11 is 0. The summed E-state index contributed by atoms with van der Waals surface area (Å²) in [6, 6.07) is 19.5. The predicted molar refractivity (Wildman–Crippen MR) is 120 cm³/mol. The van der Waals surface area contributed by atoms with Gasteiger partial charge in [-0.1, -0.05) is 36.4 Å². The van der Waals surface area contributed by atoms with Crippen LogP contribution in [0.2, 0.25) is 0 Å². The van der Waals surface area contributed by atoms with E-state index in [4.69, 9.17) is 4.74 Å². The van der Waals surface area contributed by atoms with Gasteiger partial charge in [0.15, 0.2) is 0 Å². The second-order valence-corrected chi connectivity index (χ2v) is 8.07. The highest BCUT2D eigenvalue weighted by Gasteiger charge is 2.55. The lowest BCUT2D eigenvalue weighted by Gasteiger charge is -2.22. The van der Waals surface area contributed by atoms with E-state index in [1.165, 1.54) is 0 Å². The molecule has 2 heterocycles. The zero-order valence-corrected chi connectivity index (χ0v) is 17.8. The molecule has 1 spiro atoms. The summed E-state index contributed by atoms with van der Waals surface area (Å²) in [5.74, 6) is -0.293. The van der Waals surface area contributed by atoms with E-state index in [0.717, 1.165) is 21.7 Å². The molecule has 1 aliphatic carbocycles. The molecule has 1 aromatic heterocycles. The normalized spacial score (nSPS) is 18.8. The molecule has 0 bridgehead atoms. The smallest absolute Gasteiger partial charge is 0.325 e. The van der Waals surface area contributed by atoms with Gasteiger partial charge >= 0.3 is 6.03 Å². The molecule has 1 fully saturated rings. The molecule has 1 saturated heterocycles. The van der Waals surface area contributed by atoms with Crippen molar-refractivity contribution in [2.24, 2.45) is 0 Å². The van der Waals surface area contributed by atoms with Gasteiger partial charge in [-0.05, 0) is 48.2 Å². The number of benzene rings is 2. The van der Waals surface area contributed by atoms with Gasteiger partial charge in [0.2, 0.25) is 5.91 Å². The number of carbonyl (C=O) groups is 3. The van der Waals surface area contributed by atoms with Gasteiger partial charge in [0, 0.05) is 18.0 Å². The maximum absolute atomic E-state index is 13.2. The number of aryl methyl sites for hydroxylation is 1. The number of fused-ring (bicyclic) bond motifs is 2. The highest BCUT2D eigenvalue weighted by molar-refractivity contribution is 6.10. The fourth-order valence-electron chi connectivity index (χ4n) is 4.38. The monoisotopic (exact) mass is 442 g/mol. The van der Waals surface area contributed by atoms with Crippen LogP contribution in [0.15, 0.2) is 72.9 Å². The minimum atomic E-state index is -1.08. The molecule has 4 amide bonds. The molecule has 5 rings (SSSR count). The lowest BCUT2D eigenvalue weighted by molar-refractivity contribution is -0.134. The third kappa shape index (κ3) is 3.91. The average Bonchev–Trinajstić information content (AvgIpc) is 3.32. The van der Waals surface area contributed by atoms with E-state index in [2.05, 4.69) is 15.6 Å². The zero-order valence-electron chi connectivity index (χ0n) is 17.8. The Labute approximate surface area is 190 Å². The maximum atomic E-state index is 13.2. The van der Waals surface area contributed by atoms with E-state index in [1.807, 2.05) is 42.5 Å². The van der Waals surface area contributed by atoms with Gasteiger partial charge in [-0.15, -0.1) is 0 Å². The number of carbonyl (C=O) groups excluding carboxylic acids is 3. The summed E-state index contributed by atoms with van der Waals surface area (Å²) in [4.78, 5) is 43.7. The Bertz CT molecular complexity index is 1230. The first-order valence-corrected chi connectivity index (χ1v) is 10.7. The molecule has 2 aliphatic rings. The van der Waals surface area contributed by atoms with Crippen LogP contribution in [0.5, 0.6) is 5.75 Å². The van der Waals surface area contributed by atoms with E-state index < -0.39 is 17.5 Å². The standard InChI is InChI=1S/C25H22N4O4/c30-22(27-18-8-5-9-20(14-18)33-16-19-7-3-4-13-26-19)15-29-23(31)25(28-24(29)32)12-11-17-6-1-2-10-21(17)25/h1-10,13-14H,11-12,15-16H2,(H,27,30)(H,28,32). The van der Waals surface area contributed by atoms with Crippen molar-refractivity contribution >= 4 is 23.5 Å². The van der Waals surface area contributed by atoms with Gasteiger partial charge in [0.05, 0.1) is 5.69 Å². The van der Waals surface area contributed by atoms with Crippen molar-refractivity contribution < 1.29 is 19.1 Å². The summed E-state index contributed by atoms with van der Waals surface area (Å²) in [5, 5.41) is 5.57. The molecular weight excluding hydrogens is 420 g/mol. The number of amides is 4. The summed E-state index contributed by atoms with van der Waals surface area (Å²) in [5.41, 5.74) is 2.07. The van der Waals surface area contributed by atoms with Crippen LogP contribution in [-0.2, 0) is 28.2 Å². The number of nitrogens with zero attached hydrogens (tertiary/aromatic N) is 2. The first-order valence-electron chi connectivity index (χ1n) is 10.7. The SMILES string of the molecule is O=C(CN1C(=O)NC2(CCc3ccccc32)C1=O)Nc1cccc(OCc2ccccn2)c1. The van der Waals surface area contributed by atoms with E-state index in [1.54, 1.807) is 30.5 Å². The molecule has 2 aromatic carbocycles. The summed E-state index contributed by atoms with van der Waals surface area (Å²) in [6.07, 6.45) is 2.89. The van der Waals surface area contributed by atoms with E-state index in [-0.39, 0.29) is 12.5 Å². The third-order valence-corrected chi connectivity index (χ3v) is 5.95. The first kappa shape index (κ1) is 20.7. The molecule has 166 valence electrons. The zero-order chi connectivity index (χ0) is 22.8. The minimum Gasteiger partial charge on any atom is -0.487 e. The van der Waals surface area contributed by atoms with Crippen molar-refractivity contribution in [2.75, 3.05) is 11.9 Å². The fourth-order valence-corrected chi connectivity index (χ4v) is 4.38. The van der Waals surface area contributed by atoms with Gasteiger partial charge < -0.3 is 15.4 Å². The topological polar surface area (TPSA) is 101 Å². The molecule has 1 unspecified atom stereocenters. The first-order chi connectivity index (χ1) is 16.0. The highest BCUT2D eigenvalue weighted by Crippen LogP contribution is 2.41. The largest absolute Gasteiger partial charge is 0.487 e. The summed E-state index contributed by atoms with van der Waals surface area (Å²) in [7, 11) is 0. The van der Waals surface area contributed by atoms with Crippen LogP contribution in [0.4, 0.5) is 10.5 Å². The Morgan fingerprint density at radius 1 is 1.09 bits per heavy atom. The Balaban J connectivity index is 1.24. The number of ether oxygens (including phenoxy) is 1. The summed E-state index contributed by atoms with van der Waals surface area (Å²) in [6.45, 7) is -0.0716. The highest BCUT2D eigenvalue weighted by atomic mass is 16.5. The summed E-state index contributed by atoms with van der Waals surface area (Å²) < 4.78 is 5.74. The van der Waals surface area contributed by atoms with Crippen LogP contribution in [0.25, 0.3) is 0 Å². The van der Waals surface area contributed by atoms with Crippen molar-refractivity contribution in [1.82, 2.24) is 15.2 Å². The number of urea groups is 1. The fraction of sp³-hybridized carbons (Fsp3) is 0.200. The van der Waals surface area contributed by atoms with Crippen molar-refractivity contribution in [1.29, 1.82) is 0 Å². The number of rotatable bonds is 6.